The number of nitrogens with zero attached hydrogens (tertiary/aromatic N) is 3. The summed E-state index contributed by atoms with van der Waals surface area (Å²) in [6.45, 7) is 0.642. The summed E-state index contributed by atoms with van der Waals surface area (Å²) in [5.74, 6) is -0.888. The quantitative estimate of drug-likeness (QED) is 0.308. The van der Waals surface area contributed by atoms with Gasteiger partial charge in [0.25, 0.3) is 5.91 Å². The van der Waals surface area contributed by atoms with Gasteiger partial charge in [-0.3, -0.25) is 4.79 Å². The van der Waals surface area contributed by atoms with Crippen molar-refractivity contribution in [2.24, 2.45) is 5.92 Å². The number of anilines is 3. The lowest BCUT2D eigenvalue weighted by Gasteiger charge is -2.29. The topological polar surface area (TPSA) is 133 Å². The molecule has 13 heteroatoms. The Morgan fingerprint density at radius 3 is 2.33 bits per heavy atom. The third kappa shape index (κ3) is 8.34. The maximum Gasteiger partial charge on any atom is 0.490 e. The minimum atomic E-state index is -5.08. The number of nitrogens with one attached hydrogen (secondary N) is 2. The van der Waals surface area contributed by atoms with E-state index in [0.717, 1.165) is 42.4 Å². The fourth-order valence-electron chi connectivity index (χ4n) is 4.21. The number of carbonyl (C=O) groups excluding carboxylic acids is 1. The summed E-state index contributed by atoms with van der Waals surface area (Å²) >= 11 is 6.15. The van der Waals surface area contributed by atoms with Crippen LogP contribution in [-0.4, -0.2) is 59.8 Å². The first kappa shape index (κ1) is 29.8. The fraction of sp³-hybridized carbons (Fsp3) is 0.385. The van der Waals surface area contributed by atoms with Crippen LogP contribution in [0.15, 0.2) is 42.5 Å². The number of aromatic nitrogens is 2. The van der Waals surface area contributed by atoms with Crippen LogP contribution < -0.4 is 21.3 Å². The van der Waals surface area contributed by atoms with Crippen LogP contribution in [-0.2, 0) is 4.79 Å². The van der Waals surface area contributed by atoms with Crippen molar-refractivity contribution >= 4 is 51.8 Å². The van der Waals surface area contributed by atoms with Gasteiger partial charge in [0.1, 0.15) is 5.82 Å². The van der Waals surface area contributed by atoms with E-state index >= 15 is 0 Å². The van der Waals surface area contributed by atoms with Crippen LogP contribution in [0.1, 0.15) is 36.0 Å². The highest BCUT2D eigenvalue weighted by atomic mass is 35.5. The Hall–Kier alpha value is -3.80. The van der Waals surface area contributed by atoms with Crippen molar-refractivity contribution in [1.29, 1.82) is 0 Å². The molecule has 0 atom stereocenters. The van der Waals surface area contributed by atoms with Gasteiger partial charge in [-0.1, -0.05) is 23.7 Å². The molecule has 1 heterocycles. The third-order valence-electron chi connectivity index (χ3n) is 6.22. The lowest BCUT2D eigenvalue weighted by Crippen LogP contribution is -2.34. The van der Waals surface area contributed by atoms with Crippen molar-refractivity contribution < 1.29 is 27.9 Å². The van der Waals surface area contributed by atoms with Crippen LogP contribution >= 0.6 is 11.6 Å². The molecule has 0 aliphatic heterocycles. The summed E-state index contributed by atoms with van der Waals surface area (Å²) in [5, 5.41) is 15.1. The van der Waals surface area contributed by atoms with Crippen LogP contribution in [0.2, 0.25) is 5.02 Å². The number of carboxylic acids is 1. The number of halogens is 4. The molecule has 0 bridgehead atoms. The van der Waals surface area contributed by atoms with E-state index in [1.165, 1.54) is 0 Å². The number of carbonyl (C=O) groups is 2. The summed E-state index contributed by atoms with van der Waals surface area (Å²) in [4.78, 5) is 32.8. The normalized spacial score (nSPS) is 17.1. The molecule has 9 nitrogen and oxygen atoms in total. The smallest absolute Gasteiger partial charge is 0.475 e. The number of benzene rings is 2. The van der Waals surface area contributed by atoms with Gasteiger partial charge < -0.3 is 26.4 Å². The second-order valence-corrected chi connectivity index (χ2v) is 9.80. The van der Waals surface area contributed by atoms with Gasteiger partial charge in [-0.15, -0.1) is 0 Å². The van der Waals surface area contributed by atoms with E-state index in [0.29, 0.717) is 40.7 Å². The predicted molar refractivity (Wildman–Crippen MR) is 145 cm³/mol. The molecular weight excluding hydrogens is 537 g/mol. The molecule has 4 rings (SSSR count). The average Bonchev–Trinajstić information content (AvgIpc) is 2.87. The molecule has 0 saturated heterocycles. The van der Waals surface area contributed by atoms with Crippen molar-refractivity contribution in [3.63, 3.8) is 0 Å². The van der Waals surface area contributed by atoms with Gasteiger partial charge in [0.2, 0.25) is 5.95 Å². The zero-order valence-corrected chi connectivity index (χ0v) is 22.2. The molecular formula is C26H30ClF3N6O3. The highest BCUT2D eigenvalue weighted by Gasteiger charge is 2.38. The molecule has 39 heavy (non-hydrogen) atoms. The maximum atomic E-state index is 12.4. The molecule has 1 aliphatic carbocycles. The zero-order valence-electron chi connectivity index (χ0n) is 21.4. The summed E-state index contributed by atoms with van der Waals surface area (Å²) in [6, 6.07) is 13.3. The third-order valence-corrected chi connectivity index (χ3v) is 6.53. The fourth-order valence-corrected chi connectivity index (χ4v) is 4.48. The van der Waals surface area contributed by atoms with E-state index in [4.69, 9.17) is 37.2 Å². The Morgan fingerprint density at radius 1 is 1.10 bits per heavy atom. The Balaban J connectivity index is 0.000000532. The molecule has 5 N–H and O–H groups in total. The standard InChI is InChI=1S/C24H29ClN6O.C2HF3O2/c1-31(2)22-19-5-3-4-6-21(19)29-24(30-22)28-17-10-7-15(8-11-17)14-27-23(32)18-12-9-16(26)13-20(18)25;3-2(4,5)1(6)7/h3-6,9,12-13,15,17H,7-8,10-11,14,26H2,1-2H3,(H,27,32)(H,28,29,30);(H,6,7). The van der Waals surface area contributed by atoms with E-state index in [1.54, 1.807) is 18.2 Å². The Kier molecular flexibility index (Phi) is 9.79. The molecule has 1 amide bonds. The number of nitrogen functional groups attached to an aromatic ring is 1. The first-order valence-electron chi connectivity index (χ1n) is 12.2. The van der Waals surface area contributed by atoms with Gasteiger partial charge >= 0.3 is 12.1 Å². The monoisotopic (exact) mass is 566 g/mol. The van der Waals surface area contributed by atoms with Crippen LogP contribution in [0.4, 0.5) is 30.6 Å². The second kappa shape index (κ2) is 12.8. The molecule has 0 spiro atoms. The molecule has 1 aliphatic rings. The SMILES string of the molecule is CN(C)c1nc(NC2CCC(CNC(=O)c3ccc(N)cc3Cl)CC2)nc2ccccc12.O=C(O)C(F)(F)F. The minimum absolute atomic E-state index is 0.156. The molecule has 3 aromatic rings. The predicted octanol–water partition coefficient (Wildman–Crippen LogP) is 4.97. The summed E-state index contributed by atoms with van der Waals surface area (Å²) < 4.78 is 31.7. The molecule has 1 saturated carbocycles. The number of nitrogens with two attached hydrogens (primary N) is 1. The number of hydrogen-bond acceptors (Lipinski definition) is 7. The first-order chi connectivity index (χ1) is 18.3. The van der Waals surface area contributed by atoms with Gasteiger partial charge in [0.15, 0.2) is 0 Å². The van der Waals surface area contributed by atoms with Gasteiger partial charge in [-0.05, 0) is 61.9 Å². The Labute approximate surface area is 228 Å². The lowest BCUT2D eigenvalue weighted by atomic mass is 9.86. The van der Waals surface area contributed by atoms with Gasteiger partial charge in [0, 0.05) is 37.8 Å². The minimum Gasteiger partial charge on any atom is -0.475 e. The van der Waals surface area contributed by atoms with E-state index < -0.39 is 12.1 Å². The van der Waals surface area contributed by atoms with Crippen LogP contribution in [0.25, 0.3) is 10.9 Å². The highest BCUT2D eigenvalue weighted by Crippen LogP contribution is 2.28. The van der Waals surface area contributed by atoms with Gasteiger partial charge in [-0.25, -0.2) is 9.78 Å². The van der Waals surface area contributed by atoms with Crippen molar-refractivity contribution in [1.82, 2.24) is 15.3 Å². The Morgan fingerprint density at radius 2 is 1.74 bits per heavy atom. The lowest BCUT2D eigenvalue weighted by molar-refractivity contribution is -0.192. The zero-order chi connectivity index (χ0) is 28.7. The molecule has 2 aromatic carbocycles. The van der Waals surface area contributed by atoms with Crippen molar-refractivity contribution in [2.45, 2.75) is 37.9 Å². The number of para-hydroxylation sites is 1. The van der Waals surface area contributed by atoms with Gasteiger partial charge in [-0.2, -0.15) is 18.2 Å². The molecule has 1 fully saturated rings. The van der Waals surface area contributed by atoms with E-state index in [-0.39, 0.29) is 5.91 Å². The van der Waals surface area contributed by atoms with Gasteiger partial charge in [0.05, 0.1) is 16.1 Å². The Bertz CT molecular complexity index is 1310. The summed E-state index contributed by atoms with van der Waals surface area (Å²) in [6.07, 6.45) is -1.00. The highest BCUT2D eigenvalue weighted by molar-refractivity contribution is 6.34. The van der Waals surface area contributed by atoms with Crippen molar-refractivity contribution in [3.05, 3.63) is 53.1 Å². The molecule has 0 radical (unpaired) electrons. The average molecular weight is 567 g/mol. The van der Waals surface area contributed by atoms with E-state index in [9.17, 15) is 18.0 Å². The molecule has 210 valence electrons. The summed E-state index contributed by atoms with van der Waals surface area (Å²) in [5.41, 5.74) is 7.65. The number of aliphatic carboxylic acids is 1. The molecule has 0 unspecified atom stereocenters. The first-order valence-corrected chi connectivity index (χ1v) is 12.6. The second-order valence-electron chi connectivity index (χ2n) is 9.40. The van der Waals surface area contributed by atoms with Crippen LogP contribution in [0, 0.1) is 5.92 Å². The summed E-state index contributed by atoms with van der Waals surface area (Å²) in [7, 11) is 3.99. The number of hydrogen-bond donors (Lipinski definition) is 4. The van der Waals surface area contributed by atoms with Crippen LogP contribution in [0.5, 0.6) is 0 Å². The van der Waals surface area contributed by atoms with Crippen molar-refractivity contribution in [3.8, 4) is 0 Å². The number of amides is 1. The maximum absolute atomic E-state index is 12.4. The molecule has 1 aromatic heterocycles. The van der Waals surface area contributed by atoms with E-state index in [1.807, 2.05) is 43.3 Å². The number of rotatable bonds is 6. The largest absolute Gasteiger partial charge is 0.490 e. The number of fused-ring (bicyclic) bond motifs is 1. The van der Waals surface area contributed by atoms with Crippen molar-refractivity contribution in [2.75, 3.05) is 36.6 Å². The van der Waals surface area contributed by atoms with Crippen LogP contribution in [0.3, 0.4) is 0 Å². The number of alkyl halides is 3. The number of carboxylic acid groups (broad SMARTS) is 1. The van der Waals surface area contributed by atoms with E-state index in [2.05, 4.69) is 10.6 Å².